The average molecular weight is 788 g/mol. The van der Waals surface area contributed by atoms with Crippen molar-refractivity contribution in [2.24, 2.45) is 0 Å². The van der Waals surface area contributed by atoms with Crippen LogP contribution in [-0.4, -0.2) is 6.71 Å². The molecule has 1 aliphatic carbocycles. The maximum atomic E-state index is 6.59. The van der Waals surface area contributed by atoms with Crippen molar-refractivity contribution in [1.82, 2.24) is 0 Å². The van der Waals surface area contributed by atoms with Gasteiger partial charge in [0.05, 0.1) is 11.4 Å². The van der Waals surface area contributed by atoms with Crippen LogP contribution in [0.15, 0.2) is 193 Å². The Bertz CT molecular complexity index is 3230. The van der Waals surface area contributed by atoms with Gasteiger partial charge in [-0.3, -0.25) is 0 Å². The van der Waals surface area contributed by atoms with Crippen molar-refractivity contribution in [2.75, 3.05) is 14.7 Å². The number of para-hydroxylation sites is 4. The zero-order chi connectivity index (χ0) is 39.3. The fourth-order valence-electron chi connectivity index (χ4n) is 10.4. The average Bonchev–Trinajstić information content (AvgIpc) is 3.70. The number of benzene rings is 8. The summed E-state index contributed by atoms with van der Waals surface area (Å²) in [6.45, 7) is -0.00170. The van der Waals surface area contributed by atoms with Crippen molar-refractivity contribution in [3.05, 3.63) is 193 Å². The first kappa shape index (κ1) is 33.9. The van der Waals surface area contributed by atoms with Gasteiger partial charge in [0, 0.05) is 66.4 Å². The standard InChI is InChI=1S/C54H38BN3OS/c1-3-15-36(16-4-1)56-44-32-29-35(39-20-13-21-41-40-19-7-12-28-52(40)60-54(39)41)33-43(44)55-42-31-30-38(58-45-22-8-10-26-50(45)59-51-27-11-9-23-46(51)58)34-49(42)57(37-17-5-2-6-18-37)48-25-14-24-47(56)53(48)55/h1-8,10,12-22,24-26,28-34H,9,11,23,27H2. The molecule has 4 heterocycles. The molecule has 6 heteroatoms. The molecule has 0 spiro atoms. The molecule has 0 atom stereocenters. The normalized spacial score (nSPS) is 15.0. The molecule has 4 nitrogen and oxygen atoms in total. The van der Waals surface area contributed by atoms with E-state index in [1.165, 1.54) is 76.1 Å². The maximum absolute atomic E-state index is 6.59. The summed E-state index contributed by atoms with van der Waals surface area (Å²) in [6, 6.07) is 67.3. The van der Waals surface area contributed by atoms with Crippen LogP contribution in [0.3, 0.4) is 0 Å². The van der Waals surface area contributed by atoms with Crippen LogP contribution in [0.1, 0.15) is 25.7 Å². The second kappa shape index (κ2) is 13.3. The summed E-state index contributed by atoms with van der Waals surface area (Å²) in [5.74, 6) is 2.03. The zero-order valence-corrected chi connectivity index (χ0v) is 33.7. The first-order valence-electron chi connectivity index (χ1n) is 21.1. The fourth-order valence-corrected chi connectivity index (χ4v) is 11.7. The van der Waals surface area contributed by atoms with Crippen LogP contribution in [0.2, 0.25) is 0 Å². The van der Waals surface area contributed by atoms with Gasteiger partial charge in [0.15, 0.2) is 5.75 Å². The third kappa shape index (κ3) is 4.98. The summed E-state index contributed by atoms with van der Waals surface area (Å²) >= 11 is 1.90. The van der Waals surface area contributed by atoms with E-state index in [4.69, 9.17) is 4.74 Å². The fraction of sp³-hybridized carbons (Fsp3) is 0.0741. The van der Waals surface area contributed by atoms with Gasteiger partial charge in [-0.05, 0) is 120 Å². The quantitative estimate of drug-likeness (QED) is 0.165. The van der Waals surface area contributed by atoms with Gasteiger partial charge in [-0.1, -0.05) is 109 Å². The molecular formula is C54H38BN3OS. The number of nitrogens with zero attached hydrogens (tertiary/aromatic N) is 3. The molecule has 0 saturated heterocycles. The predicted octanol–water partition coefficient (Wildman–Crippen LogP) is 13.1. The minimum absolute atomic E-state index is 0.00170. The van der Waals surface area contributed by atoms with E-state index in [1.807, 2.05) is 11.3 Å². The summed E-state index contributed by atoms with van der Waals surface area (Å²) < 4.78 is 9.25. The van der Waals surface area contributed by atoms with Crippen molar-refractivity contribution in [3.63, 3.8) is 0 Å². The number of hydrogen-bond acceptors (Lipinski definition) is 5. The summed E-state index contributed by atoms with van der Waals surface area (Å²) in [5, 5.41) is 2.64. The summed E-state index contributed by atoms with van der Waals surface area (Å²) in [6.07, 6.45) is 4.27. The smallest absolute Gasteiger partial charge is 0.252 e. The highest BCUT2D eigenvalue weighted by atomic mass is 32.1. The van der Waals surface area contributed by atoms with Gasteiger partial charge in [-0.15, -0.1) is 11.3 Å². The molecule has 0 fully saturated rings. The number of hydrogen-bond donors (Lipinski definition) is 0. The van der Waals surface area contributed by atoms with Crippen molar-refractivity contribution < 1.29 is 4.74 Å². The van der Waals surface area contributed by atoms with E-state index >= 15 is 0 Å². The Morgan fingerprint density at radius 2 is 1.15 bits per heavy atom. The van der Waals surface area contributed by atoms with Crippen molar-refractivity contribution >= 4 is 100 Å². The number of allylic oxidation sites excluding steroid dienone is 2. The van der Waals surface area contributed by atoms with E-state index in [0.717, 1.165) is 59.9 Å². The first-order chi connectivity index (χ1) is 29.8. The highest BCUT2D eigenvalue weighted by Gasteiger charge is 2.44. The molecule has 13 rings (SSSR count). The second-order valence-electron chi connectivity index (χ2n) is 16.3. The lowest BCUT2D eigenvalue weighted by molar-refractivity contribution is 0.363. The molecule has 0 N–H and O–H groups in total. The van der Waals surface area contributed by atoms with Crippen LogP contribution < -0.4 is 35.8 Å². The Morgan fingerprint density at radius 3 is 1.98 bits per heavy atom. The van der Waals surface area contributed by atoms with Gasteiger partial charge >= 0.3 is 0 Å². The third-order valence-electron chi connectivity index (χ3n) is 13.0. The van der Waals surface area contributed by atoms with Crippen molar-refractivity contribution in [1.29, 1.82) is 0 Å². The summed E-state index contributed by atoms with van der Waals surface area (Å²) in [7, 11) is 0. The lowest BCUT2D eigenvalue weighted by atomic mass is 9.33. The van der Waals surface area contributed by atoms with Crippen LogP contribution >= 0.6 is 11.3 Å². The van der Waals surface area contributed by atoms with Gasteiger partial charge < -0.3 is 19.4 Å². The van der Waals surface area contributed by atoms with Crippen molar-refractivity contribution in [3.8, 4) is 16.9 Å². The number of rotatable bonds is 4. The van der Waals surface area contributed by atoms with E-state index in [-0.39, 0.29) is 6.71 Å². The highest BCUT2D eigenvalue weighted by molar-refractivity contribution is 7.26. The maximum Gasteiger partial charge on any atom is 0.252 e. The zero-order valence-electron chi connectivity index (χ0n) is 32.9. The Morgan fingerprint density at radius 1 is 0.467 bits per heavy atom. The molecular weight excluding hydrogens is 749 g/mol. The number of anilines is 8. The van der Waals surface area contributed by atoms with E-state index in [9.17, 15) is 0 Å². The topological polar surface area (TPSA) is 19.0 Å². The molecule has 0 radical (unpaired) electrons. The van der Waals surface area contributed by atoms with E-state index < -0.39 is 0 Å². The second-order valence-corrected chi connectivity index (χ2v) is 17.3. The largest absolute Gasteiger partial charge is 0.458 e. The summed E-state index contributed by atoms with van der Waals surface area (Å²) in [4.78, 5) is 7.48. The van der Waals surface area contributed by atoms with Crippen LogP contribution in [0.4, 0.5) is 45.5 Å². The van der Waals surface area contributed by atoms with Gasteiger partial charge in [0.1, 0.15) is 5.76 Å². The molecule has 60 heavy (non-hydrogen) atoms. The van der Waals surface area contributed by atoms with E-state index in [0.29, 0.717) is 0 Å². The lowest BCUT2D eigenvalue weighted by Gasteiger charge is -2.44. The van der Waals surface area contributed by atoms with Crippen LogP contribution in [0, 0.1) is 0 Å². The van der Waals surface area contributed by atoms with Gasteiger partial charge in [0.25, 0.3) is 6.71 Å². The monoisotopic (exact) mass is 787 g/mol. The molecule has 8 aromatic carbocycles. The number of thiophene rings is 1. The van der Waals surface area contributed by atoms with Crippen LogP contribution in [-0.2, 0) is 0 Å². The minimum atomic E-state index is -0.00170. The number of fused-ring (bicyclic) bond motifs is 8. The van der Waals surface area contributed by atoms with Gasteiger partial charge in [-0.25, -0.2) is 0 Å². The molecule has 0 amide bonds. The highest BCUT2D eigenvalue weighted by Crippen LogP contribution is 2.50. The van der Waals surface area contributed by atoms with Gasteiger partial charge in [0.2, 0.25) is 0 Å². The molecule has 3 aliphatic heterocycles. The molecule has 0 unspecified atom stereocenters. The Balaban J connectivity index is 1.08. The SMILES string of the molecule is c1ccc(N2c3ccc(-c4cccc5c4sc4ccccc45)cc3B3c4ccc(N5C6=C(CCCC6)Oc6ccccc65)cc4N(c4ccccc4)c4cccc2c43)cc1. The summed E-state index contributed by atoms with van der Waals surface area (Å²) in [5.41, 5.74) is 17.1. The third-order valence-corrected chi connectivity index (χ3v) is 14.2. The first-order valence-corrected chi connectivity index (χ1v) is 21.9. The van der Waals surface area contributed by atoms with E-state index in [2.05, 4.69) is 197 Å². The lowest BCUT2D eigenvalue weighted by Crippen LogP contribution is -2.61. The van der Waals surface area contributed by atoms with Gasteiger partial charge in [-0.2, -0.15) is 0 Å². The van der Waals surface area contributed by atoms with E-state index in [1.54, 1.807) is 0 Å². The Hall–Kier alpha value is -7.02. The molecule has 1 aromatic heterocycles. The Labute approximate surface area is 353 Å². The molecule has 0 bridgehead atoms. The molecule has 284 valence electrons. The van der Waals surface area contributed by atoms with Crippen LogP contribution in [0.25, 0.3) is 31.3 Å². The molecule has 9 aromatic rings. The number of ether oxygens (including phenoxy) is 1. The predicted molar refractivity (Wildman–Crippen MR) is 253 cm³/mol. The van der Waals surface area contributed by atoms with Crippen LogP contribution in [0.5, 0.6) is 5.75 Å². The van der Waals surface area contributed by atoms with Crippen molar-refractivity contribution in [2.45, 2.75) is 25.7 Å². The molecule has 4 aliphatic rings. The molecule has 0 saturated carbocycles. The minimum Gasteiger partial charge on any atom is -0.458 e. The Kier molecular flexibility index (Phi) is 7.49.